The van der Waals surface area contributed by atoms with Gasteiger partial charge in [0.2, 0.25) is 5.91 Å². The molecule has 0 fully saturated rings. The van der Waals surface area contributed by atoms with Crippen LogP contribution in [0.25, 0.3) is 0 Å². The van der Waals surface area contributed by atoms with E-state index in [1.165, 1.54) is 12.1 Å². The number of para-hydroxylation sites is 1. The highest BCUT2D eigenvalue weighted by atomic mass is 19.1. The fourth-order valence-corrected chi connectivity index (χ4v) is 3.25. The van der Waals surface area contributed by atoms with Crippen molar-refractivity contribution in [2.24, 2.45) is 0 Å². The molecule has 0 aliphatic heterocycles. The molecule has 0 bridgehead atoms. The average Bonchev–Trinajstić information content (AvgIpc) is 2.60. The minimum absolute atomic E-state index is 0.0387. The van der Waals surface area contributed by atoms with E-state index in [1.807, 2.05) is 17.9 Å². The van der Waals surface area contributed by atoms with Gasteiger partial charge in [-0.2, -0.15) is 0 Å². The van der Waals surface area contributed by atoms with Crippen LogP contribution in [0.5, 0.6) is 0 Å². The van der Waals surface area contributed by atoms with Gasteiger partial charge in [0.1, 0.15) is 5.82 Å². The largest absolute Gasteiger partial charge is 0.324 e. The Morgan fingerprint density at radius 3 is 2.15 bits per heavy atom. The molecule has 0 radical (unpaired) electrons. The van der Waals surface area contributed by atoms with Crippen LogP contribution in [-0.4, -0.2) is 23.9 Å². The summed E-state index contributed by atoms with van der Waals surface area (Å²) in [6, 6.07) is 12.8. The third-order valence-corrected chi connectivity index (χ3v) is 4.75. The Bertz CT molecular complexity index is 744. The van der Waals surface area contributed by atoms with E-state index in [0.717, 1.165) is 22.4 Å². The van der Waals surface area contributed by atoms with E-state index in [0.29, 0.717) is 24.9 Å². The van der Waals surface area contributed by atoms with Gasteiger partial charge >= 0.3 is 0 Å². The number of nitrogens with one attached hydrogen (secondary N) is 1. The molecule has 2 rings (SSSR count). The number of likely N-dealkylation sites (N-methyl/N-ethyl adjacent to an activating group) is 1. The molecule has 0 unspecified atom stereocenters. The van der Waals surface area contributed by atoms with Gasteiger partial charge in [-0.3, -0.25) is 9.69 Å². The molecule has 27 heavy (non-hydrogen) atoms. The number of carbonyl (C=O) groups excluding carboxylic acids is 1. The van der Waals surface area contributed by atoms with E-state index in [2.05, 4.69) is 51.2 Å². The summed E-state index contributed by atoms with van der Waals surface area (Å²) in [7, 11) is 0. The van der Waals surface area contributed by atoms with Gasteiger partial charge in [-0.05, 0) is 47.2 Å². The Morgan fingerprint density at radius 1 is 1.04 bits per heavy atom. The van der Waals surface area contributed by atoms with Crippen LogP contribution in [0, 0.1) is 5.82 Å². The lowest BCUT2D eigenvalue weighted by molar-refractivity contribution is -0.117. The number of carbonyl (C=O) groups is 1. The monoisotopic (exact) mass is 370 g/mol. The molecule has 2 aromatic rings. The molecule has 0 aliphatic carbocycles. The van der Waals surface area contributed by atoms with Crippen LogP contribution >= 0.6 is 0 Å². The minimum atomic E-state index is -0.250. The van der Waals surface area contributed by atoms with Gasteiger partial charge in [-0.15, -0.1) is 0 Å². The van der Waals surface area contributed by atoms with E-state index in [9.17, 15) is 9.18 Å². The number of amides is 1. The molecule has 0 spiro atoms. The second kappa shape index (κ2) is 9.65. The molecule has 2 aromatic carbocycles. The highest BCUT2D eigenvalue weighted by Crippen LogP contribution is 2.32. The maximum atomic E-state index is 13.4. The van der Waals surface area contributed by atoms with E-state index in [4.69, 9.17) is 0 Å². The van der Waals surface area contributed by atoms with E-state index < -0.39 is 0 Å². The lowest BCUT2D eigenvalue weighted by Crippen LogP contribution is -2.33. The summed E-state index contributed by atoms with van der Waals surface area (Å²) in [6.45, 7) is 12.1. The van der Waals surface area contributed by atoms with Gasteiger partial charge in [-0.25, -0.2) is 4.39 Å². The first-order valence-electron chi connectivity index (χ1n) is 9.71. The molecule has 0 aliphatic rings. The minimum Gasteiger partial charge on any atom is -0.324 e. The first-order chi connectivity index (χ1) is 12.8. The van der Waals surface area contributed by atoms with Crippen molar-refractivity contribution in [1.29, 1.82) is 0 Å². The Balaban J connectivity index is 2.14. The van der Waals surface area contributed by atoms with Gasteiger partial charge in [0.15, 0.2) is 0 Å². The molecule has 4 heteroatoms. The van der Waals surface area contributed by atoms with Crippen LogP contribution in [0.2, 0.25) is 0 Å². The zero-order valence-electron chi connectivity index (χ0n) is 17.1. The molecule has 0 aromatic heterocycles. The first-order valence-corrected chi connectivity index (χ1v) is 9.71. The van der Waals surface area contributed by atoms with Crippen molar-refractivity contribution < 1.29 is 9.18 Å². The van der Waals surface area contributed by atoms with Gasteiger partial charge < -0.3 is 5.32 Å². The highest BCUT2D eigenvalue weighted by molar-refractivity contribution is 5.94. The quantitative estimate of drug-likeness (QED) is 0.662. The maximum Gasteiger partial charge on any atom is 0.238 e. The maximum absolute atomic E-state index is 13.4. The van der Waals surface area contributed by atoms with Crippen molar-refractivity contribution in [3.63, 3.8) is 0 Å². The smallest absolute Gasteiger partial charge is 0.238 e. The van der Waals surface area contributed by atoms with Gasteiger partial charge in [-0.1, -0.05) is 65.0 Å². The van der Waals surface area contributed by atoms with Crippen molar-refractivity contribution in [2.75, 3.05) is 18.4 Å². The van der Waals surface area contributed by atoms with Gasteiger partial charge in [0, 0.05) is 12.2 Å². The Kier molecular flexibility index (Phi) is 7.55. The number of halogens is 1. The molecule has 0 saturated carbocycles. The molecule has 0 atom stereocenters. The molecule has 0 saturated heterocycles. The van der Waals surface area contributed by atoms with Crippen molar-refractivity contribution >= 4 is 11.6 Å². The Labute approximate surface area is 162 Å². The summed E-state index contributed by atoms with van der Waals surface area (Å²) in [4.78, 5) is 14.8. The third kappa shape index (κ3) is 5.90. The number of hydrogen-bond acceptors (Lipinski definition) is 2. The Hall–Kier alpha value is -2.20. The number of benzene rings is 2. The van der Waals surface area contributed by atoms with Crippen molar-refractivity contribution in [2.45, 2.75) is 53.0 Å². The third-order valence-electron chi connectivity index (χ3n) is 4.75. The second-order valence-electron chi connectivity index (χ2n) is 7.60. The molecule has 1 N–H and O–H groups in total. The number of hydrogen-bond donors (Lipinski definition) is 1. The number of nitrogens with zero attached hydrogens (tertiary/aromatic N) is 1. The fourth-order valence-electron chi connectivity index (χ4n) is 3.25. The SMILES string of the molecule is CCN(CC(=O)Nc1c(C(C)C)cccc1C(C)C)Cc1cccc(F)c1. The molecule has 3 nitrogen and oxygen atoms in total. The fraction of sp³-hybridized carbons (Fsp3) is 0.435. The van der Waals surface area contributed by atoms with Gasteiger partial charge in [0.25, 0.3) is 0 Å². The van der Waals surface area contributed by atoms with Crippen LogP contribution in [0.1, 0.15) is 63.1 Å². The topological polar surface area (TPSA) is 32.3 Å². The standard InChI is InChI=1S/C23H31FN2O/c1-6-26(14-18-9-7-10-19(24)13-18)15-22(27)25-23-20(16(2)3)11-8-12-21(23)17(4)5/h7-13,16-17H,6,14-15H2,1-5H3,(H,25,27). The van der Waals surface area contributed by atoms with Gasteiger partial charge in [0.05, 0.1) is 6.54 Å². The molecule has 0 heterocycles. The second-order valence-corrected chi connectivity index (χ2v) is 7.60. The lowest BCUT2D eigenvalue weighted by atomic mass is 9.92. The zero-order valence-corrected chi connectivity index (χ0v) is 17.1. The summed E-state index contributed by atoms with van der Waals surface area (Å²) < 4.78 is 13.4. The van der Waals surface area contributed by atoms with Crippen LogP contribution in [0.4, 0.5) is 10.1 Å². The van der Waals surface area contributed by atoms with E-state index >= 15 is 0 Å². The number of anilines is 1. The molecular formula is C23H31FN2O. The summed E-state index contributed by atoms with van der Waals surface area (Å²) in [5, 5.41) is 3.15. The van der Waals surface area contributed by atoms with Crippen molar-refractivity contribution in [3.8, 4) is 0 Å². The van der Waals surface area contributed by atoms with Crippen molar-refractivity contribution in [1.82, 2.24) is 4.90 Å². The van der Waals surface area contributed by atoms with Crippen molar-refractivity contribution in [3.05, 3.63) is 65.0 Å². The average molecular weight is 371 g/mol. The normalized spacial score (nSPS) is 11.4. The first kappa shape index (κ1) is 21.1. The predicted octanol–water partition coefficient (Wildman–Crippen LogP) is 5.53. The molecule has 146 valence electrons. The van der Waals surface area contributed by atoms with E-state index in [-0.39, 0.29) is 18.3 Å². The van der Waals surface area contributed by atoms with Crippen LogP contribution < -0.4 is 5.32 Å². The zero-order chi connectivity index (χ0) is 20.0. The summed E-state index contributed by atoms with van der Waals surface area (Å²) in [5.41, 5.74) is 4.12. The summed E-state index contributed by atoms with van der Waals surface area (Å²) >= 11 is 0. The highest BCUT2D eigenvalue weighted by Gasteiger charge is 2.17. The Morgan fingerprint density at radius 2 is 1.63 bits per heavy atom. The van der Waals surface area contributed by atoms with E-state index in [1.54, 1.807) is 6.07 Å². The summed E-state index contributed by atoms with van der Waals surface area (Å²) in [5.74, 6) is 0.367. The lowest BCUT2D eigenvalue weighted by Gasteiger charge is -2.23. The molecule has 1 amide bonds. The summed E-state index contributed by atoms with van der Waals surface area (Å²) in [6.07, 6.45) is 0. The number of rotatable bonds is 8. The van der Waals surface area contributed by atoms with Crippen LogP contribution in [0.3, 0.4) is 0 Å². The molecular weight excluding hydrogens is 339 g/mol. The van der Waals surface area contributed by atoms with Crippen LogP contribution in [0.15, 0.2) is 42.5 Å². The van der Waals surface area contributed by atoms with Crippen LogP contribution in [-0.2, 0) is 11.3 Å². The predicted molar refractivity (Wildman–Crippen MR) is 111 cm³/mol.